The van der Waals surface area contributed by atoms with Crippen LogP contribution < -0.4 is 0 Å². The minimum Gasteiger partial charge on any atom is -0.452 e. The molecule has 1 aromatic heterocycles. The molecule has 1 aliphatic heterocycles. The van der Waals surface area contributed by atoms with E-state index in [-0.39, 0.29) is 12.5 Å². The molecule has 27 heavy (non-hydrogen) atoms. The highest BCUT2D eigenvalue weighted by molar-refractivity contribution is 8.19. The van der Waals surface area contributed by atoms with Crippen LogP contribution in [0, 0.1) is 6.92 Å². The van der Waals surface area contributed by atoms with E-state index in [2.05, 4.69) is 10.1 Å². The van der Waals surface area contributed by atoms with Crippen LogP contribution in [-0.2, 0) is 11.3 Å². The molecular formula is C20H18N2O3S2. The number of ether oxygens (including phenoxy) is 1. The molecule has 1 fully saturated rings. The van der Waals surface area contributed by atoms with E-state index >= 15 is 0 Å². The summed E-state index contributed by atoms with van der Waals surface area (Å²) in [7, 11) is 0. The average Bonchev–Trinajstić information content (AvgIpc) is 3.39. The molecule has 0 aliphatic carbocycles. The molecule has 5 nitrogen and oxygen atoms in total. The second-order valence-corrected chi connectivity index (χ2v) is 8.82. The molecule has 0 radical (unpaired) electrons. The number of hydrogen-bond acceptors (Lipinski definition) is 7. The van der Waals surface area contributed by atoms with Gasteiger partial charge in [0.05, 0.1) is 10.1 Å². The summed E-state index contributed by atoms with van der Waals surface area (Å²) in [6.07, 6.45) is 0. The summed E-state index contributed by atoms with van der Waals surface area (Å²) in [5.74, 6) is 2.72. The van der Waals surface area contributed by atoms with E-state index in [1.165, 1.54) is 17.1 Å². The quantitative estimate of drug-likeness (QED) is 0.567. The zero-order chi connectivity index (χ0) is 18.6. The Balaban J connectivity index is 1.37. The van der Waals surface area contributed by atoms with Crippen molar-refractivity contribution in [2.24, 2.45) is 0 Å². The SMILES string of the molecule is Cc1ccccc1-c1noc(COC(=O)c2ccc(C3SCCS3)cc2)n1. The Morgan fingerprint density at radius 3 is 2.63 bits per heavy atom. The highest BCUT2D eigenvalue weighted by Gasteiger charge is 2.19. The lowest BCUT2D eigenvalue weighted by atomic mass is 10.1. The van der Waals surface area contributed by atoms with Gasteiger partial charge in [-0.15, -0.1) is 23.5 Å². The maximum Gasteiger partial charge on any atom is 0.338 e. The Hall–Kier alpha value is -2.25. The first-order valence-corrected chi connectivity index (χ1v) is 10.7. The van der Waals surface area contributed by atoms with E-state index < -0.39 is 5.97 Å². The van der Waals surface area contributed by atoms with E-state index in [4.69, 9.17) is 9.26 Å². The number of rotatable bonds is 5. The molecule has 0 amide bonds. The van der Waals surface area contributed by atoms with Crippen LogP contribution in [0.5, 0.6) is 0 Å². The van der Waals surface area contributed by atoms with Gasteiger partial charge in [-0.25, -0.2) is 4.79 Å². The lowest BCUT2D eigenvalue weighted by Crippen LogP contribution is -2.05. The number of hydrogen-bond donors (Lipinski definition) is 0. The van der Waals surface area contributed by atoms with Gasteiger partial charge in [-0.2, -0.15) is 4.98 Å². The summed E-state index contributed by atoms with van der Waals surface area (Å²) in [4.78, 5) is 16.6. The fraction of sp³-hybridized carbons (Fsp3) is 0.250. The third-order valence-corrected chi connectivity index (χ3v) is 7.33. The third-order valence-electron chi connectivity index (χ3n) is 4.22. The van der Waals surface area contributed by atoms with Crippen LogP contribution in [0.15, 0.2) is 53.1 Å². The van der Waals surface area contributed by atoms with E-state index in [0.717, 1.165) is 11.1 Å². The van der Waals surface area contributed by atoms with Crippen molar-refractivity contribution < 1.29 is 14.1 Å². The Morgan fingerprint density at radius 2 is 1.89 bits per heavy atom. The van der Waals surface area contributed by atoms with Gasteiger partial charge in [0, 0.05) is 17.1 Å². The van der Waals surface area contributed by atoms with Gasteiger partial charge in [-0.05, 0) is 30.2 Å². The van der Waals surface area contributed by atoms with Crippen LogP contribution in [0.3, 0.4) is 0 Å². The first-order valence-electron chi connectivity index (χ1n) is 8.59. The second-order valence-electron chi connectivity index (χ2n) is 6.10. The lowest BCUT2D eigenvalue weighted by molar-refractivity contribution is 0.0430. The first kappa shape index (κ1) is 18.1. The van der Waals surface area contributed by atoms with Crippen LogP contribution in [0.2, 0.25) is 0 Å². The standard InChI is InChI=1S/C20H18N2O3S2/c1-13-4-2-3-5-16(13)18-21-17(25-22-18)12-24-19(23)14-6-8-15(9-7-14)20-26-10-11-27-20/h2-9,20H,10-12H2,1H3. The van der Waals surface area contributed by atoms with Crippen molar-refractivity contribution in [3.05, 3.63) is 71.1 Å². The maximum absolute atomic E-state index is 12.3. The van der Waals surface area contributed by atoms with Gasteiger partial charge in [-0.1, -0.05) is 41.6 Å². The summed E-state index contributed by atoms with van der Waals surface area (Å²) in [6.45, 7) is 1.94. The molecule has 0 saturated carbocycles. The van der Waals surface area contributed by atoms with Crippen LogP contribution in [-0.4, -0.2) is 27.6 Å². The highest BCUT2D eigenvalue weighted by Crippen LogP contribution is 2.45. The Labute approximate surface area is 165 Å². The summed E-state index contributed by atoms with van der Waals surface area (Å²) in [5.41, 5.74) is 3.71. The molecule has 0 unspecified atom stereocenters. The number of aryl methyl sites for hydroxylation is 1. The van der Waals surface area contributed by atoms with Gasteiger partial charge < -0.3 is 9.26 Å². The number of esters is 1. The largest absolute Gasteiger partial charge is 0.452 e. The van der Waals surface area contributed by atoms with E-state index in [0.29, 0.717) is 16.0 Å². The first-order chi connectivity index (χ1) is 13.2. The van der Waals surface area contributed by atoms with Crippen LogP contribution >= 0.6 is 23.5 Å². The molecule has 3 aromatic rings. The molecule has 1 aliphatic rings. The Morgan fingerprint density at radius 1 is 1.15 bits per heavy atom. The predicted molar refractivity (Wildman–Crippen MR) is 108 cm³/mol. The Kier molecular flexibility index (Phi) is 5.50. The van der Waals surface area contributed by atoms with Crippen LogP contribution in [0.4, 0.5) is 0 Å². The fourth-order valence-corrected chi connectivity index (χ4v) is 5.64. The van der Waals surface area contributed by atoms with Crippen molar-refractivity contribution in [2.75, 3.05) is 11.5 Å². The zero-order valence-electron chi connectivity index (χ0n) is 14.8. The van der Waals surface area contributed by atoms with Crippen LogP contribution in [0.25, 0.3) is 11.4 Å². The van der Waals surface area contributed by atoms with Crippen molar-refractivity contribution in [2.45, 2.75) is 18.1 Å². The van der Waals surface area contributed by atoms with Crippen molar-refractivity contribution >= 4 is 29.5 Å². The summed E-state index contributed by atoms with van der Waals surface area (Å²) in [5, 5.41) is 3.97. The van der Waals surface area contributed by atoms with E-state index in [1.54, 1.807) is 0 Å². The number of nitrogens with zero attached hydrogens (tertiary/aromatic N) is 2. The summed E-state index contributed by atoms with van der Waals surface area (Å²) in [6, 6.07) is 15.4. The van der Waals surface area contributed by atoms with Gasteiger partial charge in [0.15, 0.2) is 6.61 Å². The van der Waals surface area contributed by atoms with Gasteiger partial charge in [-0.3, -0.25) is 0 Å². The third kappa shape index (κ3) is 4.20. The molecule has 0 N–H and O–H groups in total. The Bertz CT molecular complexity index is 934. The lowest BCUT2D eigenvalue weighted by Gasteiger charge is -2.08. The normalized spacial score (nSPS) is 14.4. The molecule has 0 spiro atoms. The molecule has 2 aromatic carbocycles. The molecule has 7 heteroatoms. The van der Waals surface area contributed by atoms with Crippen molar-refractivity contribution in [3.63, 3.8) is 0 Å². The highest BCUT2D eigenvalue weighted by atomic mass is 32.2. The second kappa shape index (κ2) is 8.19. The topological polar surface area (TPSA) is 65.2 Å². The van der Waals surface area contributed by atoms with Gasteiger partial charge in [0.25, 0.3) is 5.89 Å². The molecular weight excluding hydrogens is 380 g/mol. The number of benzene rings is 2. The van der Waals surface area contributed by atoms with Crippen molar-refractivity contribution in [1.29, 1.82) is 0 Å². The molecule has 138 valence electrons. The van der Waals surface area contributed by atoms with Crippen LogP contribution in [0.1, 0.15) is 32.0 Å². The smallest absolute Gasteiger partial charge is 0.338 e. The van der Waals surface area contributed by atoms with E-state index in [1.807, 2.05) is 79.0 Å². The van der Waals surface area contributed by atoms with Crippen molar-refractivity contribution in [1.82, 2.24) is 10.1 Å². The molecule has 0 bridgehead atoms. The van der Waals surface area contributed by atoms with Gasteiger partial charge >= 0.3 is 5.97 Å². The molecule has 0 atom stereocenters. The van der Waals surface area contributed by atoms with Gasteiger partial charge in [0.2, 0.25) is 5.82 Å². The number of carbonyl (C=O) groups is 1. The van der Waals surface area contributed by atoms with Gasteiger partial charge in [0.1, 0.15) is 0 Å². The number of carbonyl (C=O) groups excluding carboxylic acids is 1. The van der Waals surface area contributed by atoms with Crippen molar-refractivity contribution in [3.8, 4) is 11.4 Å². The fourth-order valence-electron chi connectivity index (χ4n) is 2.78. The minimum absolute atomic E-state index is 0.0478. The summed E-state index contributed by atoms with van der Waals surface area (Å²) < 4.78 is 11.0. The summed E-state index contributed by atoms with van der Waals surface area (Å²) >= 11 is 3.88. The molecule has 4 rings (SSSR count). The number of aromatic nitrogens is 2. The zero-order valence-corrected chi connectivity index (χ0v) is 16.4. The predicted octanol–water partition coefficient (Wildman–Crippen LogP) is 4.88. The minimum atomic E-state index is -0.399. The number of thioether (sulfide) groups is 2. The maximum atomic E-state index is 12.3. The van der Waals surface area contributed by atoms with E-state index in [9.17, 15) is 4.79 Å². The average molecular weight is 399 g/mol. The monoisotopic (exact) mass is 398 g/mol. The molecule has 1 saturated heterocycles. The molecule has 2 heterocycles.